The normalized spacial score (nSPS) is 14.0. The third kappa shape index (κ3) is 30.8. The summed E-state index contributed by atoms with van der Waals surface area (Å²) in [7, 11) is 0. The molecule has 0 aromatic heterocycles. The molecular weight excluding hydrogens is 546 g/mol. The fourth-order valence-electron chi connectivity index (χ4n) is 5.74. The van der Waals surface area contributed by atoms with Gasteiger partial charge in [0.15, 0.2) is 0 Å². The maximum absolute atomic E-state index is 12.3. The van der Waals surface area contributed by atoms with Crippen molar-refractivity contribution in [2.45, 2.75) is 212 Å². The minimum absolute atomic E-state index is 0.00896. The number of amides is 1. The van der Waals surface area contributed by atoms with Crippen LogP contribution in [-0.4, -0.2) is 46.1 Å². The third-order valence-corrected chi connectivity index (χ3v) is 8.73. The lowest BCUT2D eigenvalue weighted by Gasteiger charge is -2.21. The smallest absolute Gasteiger partial charge is 0.222 e. The van der Waals surface area contributed by atoms with Gasteiger partial charge in [-0.1, -0.05) is 167 Å². The Balaban J connectivity index is 3.69. The van der Waals surface area contributed by atoms with Gasteiger partial charge in [0.25, 0.3) is 0 Å². The Morgan fingerprint density at radius 3 is 1.39 bits per heavy atom. The standard InChI is InChI=1S/C39H75NO4/c1-3-5-7-9-11-13-15-16-17-18-19-20-21-22-23-24-26-28-30-32-36(42)34-39(44)40-37(35-41)38(43)33-31-29-27-25-14-12-10-8-6-4-2/h20-21,31,33,36-38,41-43H,3-19,22-30,32,34-35H2,1-2H3,(H,40,44)/b21-20-,33-31+. The molecule has 5 nitrogen and oxygen atoms in total. The summed E-state index contributed by atoms with van der Waals surface area (Å²) < 4.78 is 0. The maximum atomic E-state index is 12.3. The number of nitrogens with one attached hydrogen (secondary N) is 1. The Morgan fingerprint density at radius 2 is 0.955 bits per heavy atom. The molecule has 0 aliphatic rings. The second kappa shape index (κ2) is 34.7. The Hall–Kier alpha value is -1.17. The molecule has 0 heterocycles. The number of aliphatic hydroxyl groups is 3. The van der Waals surface area contributed by atoms with Gasteiger partial charge in [-0.05, 0) is 44.9 Å². The molecule has 260 valence electrons. The lowest BCUT2D eigenvalue weighted by molar-refractivity contribution is -0.124. The summed E-state index contributed by atoms with van der Waals surface area (Å²) in [5.74, 6) is -0.323. The second-order valence-electron chi connectivity index (χ2n) is 13.2. The highest BCUT2D eigenvalue weighted by Crippen LogP contribution is 2.14. The van der Waals surface area contributed by atoms with E-state index in [1.807, 2.05) is 6.08 Å². The molecule has 4 N–H and O–H groups in total. The number of unbranched alkanes of at least 4 members (excludes halogenated alkanes) is 23. The summed E-state index contributed by atoms with van der Waals surface area (Å²) >= 11 is 0. The Kier molecular flexibility index (Phi) is 33.8. The molecule has 0 aromatic rings. The molecule has 0 fully saturated rings. The van der Waals surface area contributed by atoms with E-state index in [1.165, 1.54) is 128 Å². The molecule has 0 saturated heterocycles. The van der Waals surface area contributed by atoms with E-state index in [0.717, 1.165) is 38.5 Å². The molecule has 0 bridgehead atoms. The van der Waals surface area contributed by atoms with Gasteiger partial charge in [-0.3, -0.25) is 4.79 Å². The largest absolute Gasteiger partial charge is 0.394 e. The summed E-state index contributed by atoms with van der Waals surface area (Å²) in [6, 6.07) is -0.742. The summed E-state index contributed by atoms with van der Waals surface area (Å²) in [6.07, 6.45) is 40.2. The van der Waals surface area contributed by atoms with E-state index < -0.39 is 18.2 Å². The highest BCUT2D eigenvalue weighted by molar-refractivity contribution is 5.76. The molecule has 0 spiro atoms. The molecule has 3 unspecified atom stereocenters. The van der Waals surface area contributed by atoms with E-state index >= 15 is 0 Å². The Bertz CT molecular complexity index is 650. The van der Waals surface area contributed by atoms with Crippen LogP contribution in [0.4, 0.5) is 0 Å². The van der Waals surface area contributed by atoms with E-state index in [-0.39, 0.29) is 18.9 Å². The number of hydrogen-bond acceptors (Lipinski definition) is 4. The topological polar surface area (TPSA) is 89.8 Å². The third-order valence-electron chi connectivity index (χ3n) is 8.73. The van der Waals surface area contributed by atoms with Crippen LogP contribution in [0.15, 0.2) is 24.3 Å². The van der Waals surface area contributed by atoms with Gasteiger partial charge in [-0.25, -0.2) is 0 Å². The monoisotopic (exact) mass is 622 g/mol. The van der Waals surface area contributed by atoms with Gasteiger partial charge in [0.2, 0.25) is 5.91 Å². The summed E-state index contributed by atoms with van der Waals surface area (Å²) in [4.78, 5) is 12.3. The SMILES string of the molecule is CCCCCCCCCC/C=C/C(O)C(CO)NC(=O)CC(O)CCCCCCC/C=C\CCCCCCCCCCCC. The van der Waals surface area contributed by atoms with E-state index in [2.05, 4.69) is 31.3 Å². The molecular formula is C39H75NO4. The number of allylic oxidation sites excluding steroid dienone is 3. The van der Waals surface area contributed by atoms with Gasteiger partial charge in [0, 0.05) is 0 Å². The van der Waals surface area contributed by atoms with Crippen LogP contribution in [0.1, 0.15) is 194 Å². The highest BCUT2D eigenvalue weighted by Gasteiger charge is 2.20. The molecule has 0 radical (unpaired) electrons. The van der Waals surface area contributed by atoms with Gasteiger partial charge < -0.3 is 20.6 Å². The quantitative estimate of drug-likeness (QED) is 0.0425. The fraction of sp³-hybridized carbons (Fsp3) is 0.872. The lowest BCUT2D eigenvalue weighted by atomic mass is 10.0. The lowest BCUT2D eigenvalue weighted by Crippen LogP contribution is -2.45. The number of rotatable bonds is 34. The van der Waals surface area contributed by atoms with Crippen molar-refractivity contribution in [2.75, 3.05) is 6.61 Å². The first-order valence-corrected chi connectivity index (χ1v) is 19.1. The zero-order chi connectivity index (χ0) is 32.4. The van der Waals surface area contributed by atoms with Crippen molar-refractivity contribution >= 4 is 5.91 Å². The number of carbonyl (C=O) groups is 1. The van der Waals surface area contributed by atoms with E-state index in [0.29, 0.717) is 6.42 Å². The molecule has 1 amide bonds. The maximum Gasteiger partial charge on any atom is 0.222 e. The summed E-state index contributed by atoms with van der Waals surface area (Å²) in [5.41, 5.74) is 0. The van der Waals surface area contributed by atoms with Crippen LogP contribution >= 0.6 is 0 Å². The van der Waals surface area contributed by atoms with Crippen molar-refractivity contribution < 1.29 is 20.1 Å². The first kappa shape index (κ1) is 42.8. The van der Waals surface area contributed by atoms with Crippen LogP contribution in [-0.2, 0) is 4.79 Å². The van der Waals surface area contributed by atoms with Gasteiger partial charge in [-0.2, -0.15) is 0 Å². The molecule has 0 rings (SSSR count). The first-order valence-electron chi connectivity index (χ1n) is 19.1. The van der Waals surface area contributed by atoms with Crippen LogP contribution in [0, 0.1) is 0 Å². The van der Waals surface area contributed by atoms with Crippen LogP contribution in [0.25, 0.3) is 0 Å². The molecule has 0 aromatic carbocycles. The average Bonchev–Trinajstić information content (AvgIpc) is 3.01. The van der Waals surface area contributed by atoms with Gasteiger partial charge >= 0.3 is 0 Å². The van der Waals surface area contributed by atoms with Crippen molar-refractivity contribution in [3.8, 4) is 0 Å². The molecule has 3 atom stereocenters. The van der Waals surface area contributed by atoms with Crippen molar-refractivity contribution in [1.82, 2.24) is 5.32 Å². The van der Waals surface area contributed by atoms with Crippen molar-refractivity contribution in [2.24, 2.45) is 0 Å². The average molecular weight is 622 g/mol. The number of carbonyl (C=O) groups excluding carboxylic acids is 1. The van der Waals surface area contributed by atoms with Crippen LogP contribution in [0.3, 0.4) is 0 Å². The zero-order valence-corrected chi connectivity index (χ0v) is 29.3. The minimum Gasteiger partial charge on any atom is -0.394 e. The Morgan fingerprint density at radius 1 is 0.568 bits per heavy atom. The van der Waals surface area contributed by atoms with Crippen LogP contribution in [0.5, 0.6) is 0 Å². The van der Waals surface area contributed by atoms with Gasteiger partial charge in [0.05, 0.1) is 31.3 Å². The summed E-state index contributed by atoms with van der Waals surface area (Å²) in [5, 5.41) is 33.0. The molecule has 0 aliphatic carbocycles. The molecule has 0 aliphatic heterocycles. The van der Waals surface area contributed by atoms with Gasteiger partial charge in [-0.15, -0.1) is 0 Å². The van der Waals surface area contributed by atoms with E-state index in [9.17, 15) is 20.1 Å². The predicted octanol–water partition coefficient (Wildman–Crippen LogP) is 10.3. The first-order chi connectivity index (χ1) is 21.5. The van der Waals surface area contributed by atoms with E-state index in [4.69, 9.17) is 0 Å². The zero-order valence-electron chi connectivity index (χ0n) is 29.3. The van der Waals surface area contributed by atoms with Crippen molar-refractivity contribution in [3.05, 3.63) is 24.3 Å². The molecule has 44 heavy (non-hydrogen) atoms. The highest BCUT2D eigenvalue weighted by atomic mass is 16.3. The van der Waals surface area contributed by atoms with Crippen molar-refractivity contribution in [3.63, 3.8) is 0 Å². The van der Waals surface area contributed by atoms with Crippen LogP contribution in [0.2, 0.25) is 0 Å². The van der Waals surface area contributed by atoms with Crippen LogP contribution < -0.4 is 5.32 Å². The summed E-state index contributed by atoms with van der Waals surface area (Å²) in [6.45, 7) is 4.18. The van der Waals surface area contributed by atoms with Crippen molar-refractivity contribution in [1.29, 1.82) is 0 Å². The second-order valence-corrected chi connectivity index (χ2v) is 13.2. The fourth-order valence-corrected chi connectivity index (χ4v) is 5.74. The number of hydrogen-bond donors (Lipinski definition) is 4. The Labute approximate surface area is 273 Å². The van der Waals surface area contributed by atoms with E-state index in [1.54, 1.807) is 6.08 Å². The number of aliphatic hydroxyl groups excluding tert-OH is 3. The molecule has 0 saturated carbocycles. The predicted molar refractivity (Wildman–Crippen MR) is 190 cm³/mol. The minimum atomic E-state index is -0.926. The van der Waals surface area contributed by atoms with Gasteiger partial charge in [0.1, 0.15) is 0 Å². The molecule has 5 heteroatoms.